The predicted molar refractivity (Wildman–Crippen MR) is 155 cm³/mol. The number of aromatic nitrogens is 3. The van der Waals surface area contributed by atoms with Gasteiger partial charge in [-0.25, -0.2) is 14.3 Å². The molecular formula is C28H39N5O10Si. The fourth-order valence-corrected chi connectivity index (χ4v) is 5.42. The Kier molecular flexibility index (Phi) is 11.1. The summed E-state index contributed by atoms with van der Waals surface area (Å²) in [6.45, 7) is 13.2. The molecule has 0 aliphatic carbocycles. The highest BCUT2D eigenvalue weighted by Crippen LogP contribution is 2.44. The van der Waals surface area contributed by atoms with Crippen LogP contribution in [0.15, 0.2) is 18.5 Å². The average molecular weight is 634 g/mol. The van der Waals surface area contributed by atoms with Gasteiger partial charge in [0.15, 0.2) is 20.2 Å². The van der Waals surface area contributed by atoms with E-state index in [1.165, 1.54) is 11.4 Å². The number of amides is 1. The molecule has 1 aliphatic rings. The number of fused-ring (bicyclic) bond motifs is 1. The van der Waals surface area contributed by atoms with Crippen LogP contribution >= 0.6 is 0 Å². The third-order valence-electron chi connectivity index (χ3n) is 6.87. The summed E-state index contributed by atoms with van der Waals surface area (Å²) in [5, 5.41) is 17.5. The second-order valence-electron chi connectivity index (χ2n) is 11.6. The number of ether oxygens (including phenoxy) is 5. The second-order valence-corrected chi connectivity index (χ2v) is 16.0. The lowest BCUT2D eigenvalue weighted by Crippen LogP contribution is -2.49. The van der Waals surface area contributed by atoms with Crippen LogP contribution < -0.4 is 5.32 Å². The summed E-state index contributed by atoms with van der Waals surface area (Å²) in [5.41, 5.74) is -1.44. The summed E-state index contributed by atoms with van der Waals surface area (Å²) in [6.07, 6.45) is -3.07. The Morgan fingerprint density at radius 3 is 2.45 bits per heavy atom. The SMILES string of the molecule is CCC(=O)O[C@H]1[C@@H](O[Si](C)(C)C)[C@](C#N)(c2ccc3c(NC(=O)OCOC(C)=O)ncnn23)O[C@@H]1COC(=O)[C@@H](C)C(C)C. The first kappa shape index (κ1) is 34.4. The maximum atomic E-state index is 12.7. The molecule has 1 N–H and O–H groups in total. The van der Waals surface area contributed by atoms with E-state index in [1.54, 1.807) is 26.0 Å². The third-order valence-corrected chi connectivity index (χ3v) is 7.83. The molecule has 3 rings (SSSR count). The van der Waals surface area contributed by atoms with Crippen molar-refractivity contribution in [1.82, 2.24) is 14.6 Å². The van der Waals surface area contributed by atoms with Gasteiger partial charge >= 0.3 is 24.0 Å². The summed E-state index contributed by atoms with van der Waals surface area (Å²) in [7, 11) is -2.45. The van der Waals surface area contributed by atoms with Gasteiger partial charge in [-0.2, -0.15) is 10.4 Å². The standard InChI is InChI=1S/C28H39N5O10Si/c1-9-22(35)41-23-20(12-38-26(36)17(4)16(2)3)42-28(13-29,24(23)43-44(6,7)8)21-11-10-19-25(30-14-31-33(19)21)32-27(37)40-15-39-18(5)34/h10-11,14,16-17,20,23-24H,9,12,15H2,1-8H3,(H,30,31,32,37)/t17-,20+,23+,24+,28-/m0/s1. The van der Waals surface area contributed by atoms with Gasteiger partial charge in [0.25, 0.3) is 0 Å². The number of nitrogens with one attached hydrogen (secondary N) is 1. The zero-order valence-corrected chi connectivity index (χ0v) is 27.1. The Morgan fingerprint density at radius 2 is 1.86 bits per heavy atom. The maximum Gasteiger partial charge on any atom is 0.415 e. The van der Waals surface area contributed by atoms with Crippen molar-refractivity contribution in [1.29, 1.82) is 5.26 Å². The first-order valence-electron chi connectivity index (χ1n) is 14.2. The largest absolute Gasteiger partial charge is 0.463 e. The lowest BCUT2D eigenvalue weighted by atomic mass is 9.92. The number of carbonyl (C=O) groups is 4. The topological polar surface area (TPSA) is 190 Å². The molecule has 1 amide bonds. The van der Waals surface area contributed by atoms with Crippen LogP contribution in [0.1, 0.15) is 46.7 Å². The second kappa shape index (κ2) is 14.1. The number of carbonyl (C=O) groups excluding carboxylic acids is 4. The monoisotopic (exact) mass is 633 g/mol. The number of nitrogens with zero attached hydrogens (tertiary/aromatic N) is 4. The molecule has 0 aromatic carbocycles. The Bertz CT molecular complexity index is 1420. The normalized spacial score (nSPS) is 22.2. The van der Waals surface area contributed by atoms with Crippen molar-refractivity contribution in [2.24, 2.45) is 11.8 Å². The molecule has 16 heteroatoms. The number of nitriles is 1. The van der Waals surface area contributed by atoms with Crippen molar-refractivity contribution in [2.45, 2.75) is 84.6 Å². The molecule has 0 radical (unpaired) electrons. The molecule has 2 aromatic heterocycles. The van der Waals surface area contributed by atoms with E-state index in [0.29, 0.717) is 0 Å². The van der Waals surface area contributed by atoms with Gasteiger partial charge in [0.2, 0.25) is 12.4 Å². The van der Waals surface area contributed by atoms with Crippen LogP contribution in [0.3, 0.4) is 0 Å². The van der Waals surface area contributed by atoms with Gasteiger partial charge in [-0.1, -0.05) is 27.7 Å². The molecule has 1 aliphatic heterocycles. The number of hydrogen-bond acceptors (Lipinski definition) is 13. The Hall–Kier alpha value is -4.07. The molecule has 0 saturated carbocycles. The summed E-state index contributed by atoms with van der Waals surface area (Å²) in [5.74, 6) is -1.99. The van der Waals surface area contributed by atoms with E-state index in [9.17, 15) is 24.4 Å². The van der Waals surface area contributed by atoms with E-state index in [4.69, 9.17) is 23.4 Å². The van der Waals surface area contributed by atoms with Gasteiger partial charge < -0.3 is 28.1 Å². The van der Waals surface area contributed by atoms with Crippen molar-refractivity contribution < 1.29 is 47.3 Å². The van der Waals surface area contributed by atoms with Crippen molar-refractivity contribution in [3.63, 3.8) is 0 Å². The van der Waals surface area contributed by atoms with Crippen LogP contribution in [0, 0.1) is 23.2 Å². The van der Waals surface area contributed by atoms with Crippen LogP contribution in [-0.4, -0.2) is 78.6 Å². The maximum absolute atomic E-state index is 12.7. The first-order chi connectivity index (χ1) is 20.6. The molecule has 240 valence electrons. The predicted octanol–water partition coefficient (Wildman–Crippen LogP) is 3.29. The van der Waals surface area contributed by atoms with Crippen LogP contribution in [0.5, 0.6) is 0 Å². The zero-order valence-electron chi connectivity index (χ0n) is 26.1. The minimum atomic E-state index is -2.45. The van der Waals surface area contributed by atoms with Crippen molar-refractivity contribution in [3.8, 4) is 6.07 Å². The molecule has 0 bridgehead atoms. The Balaban J connectivity index is 2.06. The van der Waals surface area contributed by atoms with Crippen LogP contribution in [0.2, 0.25) is 19.6 Å². The van der Waals surface area contributed by atoms with E-state index in [1.807, 2.05) is 33.5 Å². The van der Waals surface area contributed by atoms with Gasteiger partial charge in [-0.3, -0.25) is 19.7 Å². The fraction of sp³-hybridized carbons (Fsp3) is 0.607. The molecule has 15 nitrogen and oxygen atoms in total. The highest BCUT2D eigenvalue weighted by molar-refractivity contribution is 6.69. The third kappa shape index (κ3) is 7.90. The molecular weight excluding hydrogens is 594 g/mol. The van der Waals surface area contributed by atoms with E-state index in [2.05, 4.69) is 26.2 Å². The van der Waals surface area contributed by atoms with Crippen molar-refractivity contribution in [3.05, 3.63) is 24.2 Å². The minimum absolute atomic E-state index is 0.0231. The van der Waals surface area contributed by atoms with E-state index in [0.717, 1.165) is 6.33 Å². The smallest absolute Gasteiger partial charge is 0.415 e. The number of anilines is 1. The fourth-order valence-electron chi connectivity index (χ4n) is 4.36. The number of rotatable bonds is 12. The summed E-state index contributed by atoms with van der Waals surface area (Å²) in [4.78, 5) is 52.7. The van der Waals surface area contributed by atoms with Gasteiger partial charge in [0.05, 0.1) is 11.6 Å². The molecule has 0 unspecified atom stereocenters. The van der Waals surface area contributed by atoms with Crippen LogP contribution in [0.4, 0.5) is 10.6 Å². The molecule has 1 fully saturated rings. The van der Waals surface area contributed by atoms with Crippen LogP contribution in [0.25, 0.3) is 5.52 Å². The Morgan fingerprint density at radius 1 is 1.16 bits per heavy atom. The molecule has 0 spiro atoms. The van der Waals surface area contributed by atoms with Gasteiger partial charge in [0.1, 0.15) is 36.7 Å². The molecule has 44 heavy (non-hydrogen) atoms. The zero-order chi connectivity index (χ0) is 32.8. The van der Waals surface area contributed by atoms with Gasteiger partial charge in [-0.15, -0.1) is 0 Å². The van der Waals surface area contributed by atoms with E-state index in [-0.39, 0.29) is 36.0 Å². The summed E-state index contributed by atoms with van der Waals surface area (Å²) >= 11 is 0. The molecule has 5 atom stereocenters. The average Bonchev–Trinajstić information content (AvgIpc) is 3.50. The first-order valence-corrected chi connectivity index (χ1v) is 17.6. The molecule has 3 heterocycles. The highest BCUT2D eigenvalue weighted by atomic mass is 28.4. The van der Waals surface area contributed by atoms with Crippen molar-refractivity contribution >= 4 is 43.7 Å². The molecule has 2 aromatic rings. The van der Waals surface area contributed by atoms with E-state index < -0.39 is 68.9 Å². The molecule has 1 saturated heterocycles. The van der Waals surface area contributed by atoms with Gasteiger partial charge in [-0.05, 0) is 37.7 Å². The number of esters is 3. The number of hydrogen-bond donors (Lipinski definition) is 1. The lowest BCUT2D eigenvalue weighted by Gasteiger charge is -2.33. The van der Waals surface area contributed by atoms with Gasteiger partial charge in [0, 0.05) is 13.3 Å². The van der Waals surface area contributed by atoms with Crippen LogP contribution in [-0.2, 0) is 48.1 Å². The van der Waals surface area contributed by atoms with Crippen molar-refractivity contribution in [2.75, 3.05) is 18.7 Å². The summed E-state index contributed by atoms with van der Waals surface area (Å²) in [6, 6.07) is 5.33. The lowest BCUT2D eigenvalue weighted by molar-refractivity contribution is -0.162. The van der Waals surface area contributed by atoms with E-state index >= 15 is 0 Å². The highest BCUT2D eigenvalue weighted by Gasteiger charge is 2.62. The Labute approximate surface area is 256 Å². The minimum Gasteiger partial charge on any atom is -0.463 e. The summed E-state index contributed by atoms with van der Waals surface area (Å²) < 4.78 is 35.1. The quantitative estimate of drug-likeness (QED) is 0.155.